The highest BCUT2D eigenvalue weighted by Crippen LogP contribution is 3.06. The third-order valence-electron chi connectivity index (χ3n) is 14.4. The Kier molecular flexibility index (Phi) is 2.41. The number of carbonyl (C=O) groups is 4. The molecule has 34 heavy (non-hydrogen) atoms. The fourth-order valence-electron chi connectivity index (χ4n) is 16.0. The van der Waals surface area contributed by atoms with Crippen molar-refractivity contribution in [2.24, 2.45) is 94.7 Å². The van der Waals surface area contributed by atoms with Gasteiger partial charge in [-0.3, -0.25) is 9.59 Å². The zero-order valence-corrected chi connectivity index (χ0v) is 20.2. The molecular weight excluding hydrogens is 526 g/mol. The van der Waals surface area contributed by atoms with Gasteiger partial charge in [0.2, 0.25) is 0 Å². The van der Waals surface area contributed by atoms with Crippen LogP contribution < -0.4 is 0 Å². The van der Waals surface area contributed by atoms with Crippen molar-refractivity contribution in [2.75, 3.05) is 0 Å². The zero-order chi connectivity index (χ0) is 23.0. The van der Waals surface area contributed by atoms with Gasteiger partial charge in [-0.15, -0.1) is 23.2 Å². The van der Waals surface area contributed by atoms with Crippen LogP contribution in [-0.2, 0) is 28.7 Å². The van der Waals surface area contributed by atoms with E-state index in [4.69, 9.17) is 55.9 Å². The average Bonchev–Trinajstić information content (AvgIpc) is 3.56. The highest BCUT2D eigenvalue weighted by Gasteiger charge is 3.11. The first-order valence-electron chi connectivity index (χ1n) is 12.4. The van der Waals surface area contributed by atoms with E-state index in [1.807, 2.05) is 0 Å². The van der Waals surface area contributed by atoms with Gasteiger partial charge < -0.3 is 9.47 Å². The van der Waals surface area contributed by atoms with Crippen LogP contribution in [0.4, 0.5) is 0 Å². The Labute approximate surface area is 212 Å². The second-order valence-electron chi connectivity index (χ2n) is 13.3. The van der Waals surface area contributed by atoms with Gasteiger partial charge in [-0.25, -0.2) is 9.59 Å². The number of esters is 2. The summed E-state index contributed by atoms with van der Waals surface area (Å²) in [6, 6.07) is 0. The minimum absolute atomic E-state index is 0.0347. The van der Waals surface area contributed by atoms with Gasteiger partial charge in [0.15, 0.2) is 0 Å². The molecular formula is C24H16Cl4O6. The molecule has 20 atom stereocenters. The Morgan fingerprint density at radius 1 is 0.471 bits per heavy atom. The van der Waals surface area contributed by atoms with Gasteiger partial charge in [0.1, 0.15) is 11.2 Å². The molecule has 0 radical (unpaired) electrons. The van der Waals surface area contributed by atoms with Crippen LogP contribution in [0.2, 0.25) is 0 Å². The smallest absolute Gasteiger partial charge is 0.392 e. The molecule has 0 heterocycles. The SMILES string of the molecule is O=C(Cl)C(=O)OC12[C@@H]3C4C5[C@@H]6[C@H]7[C@@H]([C@H]8C9C%10[C@@H]%11[C@H]([C@H]3[C@H]%10C81Cl)[C@H]4C6(OC(=O)C(=O)Cl)C%11(Cl)[C@@H]97)[C@H]52. The molecule has 0 aromatic rings. The van der Waals surface area contributed by atoms with Crippen molar-refractivity contribution in [1.29, 1.82) is 0 Å². The topological polar surface area (TPSA) is 86.7 Å². The van der Waals surface area contributed by atoms with E-state index in [9.17, 15) is 19.2 Å². The molecule has 12 saturated carbocycles. The van der Waals surface area contributed by atoms with E-state index >= 15 is 0 Å². The molecule has 12 fully saturated rings. The molecule has 12 aliphatic carbocycles. The van der Waals surface area contributed by atoms with Crippen LogP contribution in [0.5, 0.6) is 0 Å². The van der Waals surface area contributed by atoms with Gasteiger partial charge in [-0.2, -0.15) is 0 Å². The predicted octanol–water partition coefficient (Wildman–Crippen LogP) is 2.05. The number of carbonyl (C=O) groups excluding carboxylic acids is 4. The van der Waals surface area contributed by atoms with Crippen LogP contribution in [0, 0.1) is 94.7 Å². The van der Waals surface area contributed by atoms with Crippen LogP contribution in [0.15, 0.2) is 0 Å². The van der Waals surface area contributed by atoms with Crippen LogP contribution in [0.3, 0.4) is 0 Å². The van der Waals surface area contributed by atoms with E-state index in [0.717, 1.165) is 0 Å². The third kappa shape index (κ3) is 1.09. The lowest BCUT2D eigenvalue weighted by atomic mass is 9.72. The summed E-state index contributed by atoms with van der Waals surface area (Å²) >= 11 is 26.9. The molecule has 12 aliphatic rings. The van der Waals surface area contributed by atoms with Crippen molar-refractivity contribution in [3.05, 3.63) is 0 Å². The molecule has 8 unspecified atom stereocenters. The van der Waals surface area contributed by atoms with Crippen LogP contribution in [0.25, 0.3) is 0 Å². The Morgan fingerprint density at radius 3 is 0.971 bits per heavy atom. The summed E-state index contributed by atoms with van der Waals surface area (Å²) in [5.74, 6) is 0.882. The first-order valence-corrected chi connectivity index (χ1v) is 13.9. The molecule has 0 saturated heterocycles. The number of ether oxygens (including phenoxy) is 2. The van der Waals surface area contributed by atoms with E-state index in [2.05, 4.69) is 0 Å². The Balaban J connectivity index is 1.25. The first-order chi connectivity index (χ1) is 16.1. The largest absolute Gasteiger partial charge is 0.450 e. The molecule has 0 aromatic heterocycles. The van der Waals surface area contributed by atoms with Gasteiger partial charge in [0.25, 0.3) is 0 Å². The highest BCUT2D eigenvalue weighted by molar-refractivity contribution is 6.80. The lowest BCUT2D eigenvalue weighted by Crippen LogP contribution is -2.60. The maximum absolute atomic E-state index is 12.8. The number of halogens is 4. The standard InChI is InChI=1S/C24H16Cl4O6/c25-17(29)19(31)33-23-13-3-4-10-1-2-11(21(23,27)9(1)3)5-6-12(2)22(10,28)24(34-20(32)18(26)30)14(4)7(13)8(15(5)23)16(6)24/h1-16H/t1?,2?,3-,4-,5-,6-,7?,8?,9-,10+,11+,12-,13-,14+,15+,16-,21?,22?,23?,24?/m0/s1. The Hall–Kier alpha value is -0.560. The minimum atomic E-state index is -1.10. The summed E-state index contributed by atoms with van der Waals surface area (Å²) in [5.41, 5.74) is -1.75. The summed E-state index contributed by atoms with van der Waals surface area (Å²) in [5, 5.41) is -2.20. The Morgan fingerprint density at radius 2 is 0.706 bits per heavy atom. The highest BCUT2D eigenvalue weighted by atomic mass is 35.5. The maximum Gasteiger partial charge on any atom is 0.392 e. The number of hydrogen-bond acceptors (Lipinski definition) is 6. The summed E-state index contributed by atoms with van der Waals surface area (Å²) in [4.78, 5) is 48.0. The third-order valence-corrected chi connectivity index (χ3v) is 16.3. The number of rotatable bonds is 4. The van der Waals surface area contributed by atoms with Crippen LogP contribution in [-0.4, -0.2) is 43.4 Å². The van der Waals surface area contributed by atoms with Gasteiger partial charge in [0, 0.05) is 23.7 Å². The number of alkyl halides is 2. The molecule has 10 heteroatoms. The van der Waals surface area contributed by atoms with E-state index < -0.39 is 43.4 Å². The summed E-state index contributed by atoms with van der Waals surface area (Å²) in [7, 11) is 0. The normalized spacial score (nSPS) is 76.6. The maximum atomic E-state index is 12.8. The molecule has 12 rings (SSSR count). The van der Waals surface area contributed by atoms with Gasteiger partial charge in [0.05, 0.1) is 9.75 Å². The first kappa shape index (κ1) is 18.6. The Bertz CT molecular complexity index is 1160. The average molecular weight is 542 g/mol. The van der Waals surface area contributed by atoms with Crippen molar-refractivity contribution in [1.82, 2.24) is 0 Å². The van der Waals surface area contributed by atoms with Gasteiger partial charge in [-0.05, 0) is 94.2 Å². The summed E-state index contributed by atoms with van der Waals surface area (Å²) in [6.07, 6.45) is 0. The minimum Gasteiger partial charge on any atom is -0.450 e. The second kappa shape index (κ2) is 4.39. The van der Waals surface area contributed by atoms with Crippen LogP contribution in [0.1, 0.15) is 0 Å². The predicted molar refractivity (Wildman–Crippen MR) is 112 cm³/mol. The van der Waals surface area contributed by atoms with Crippen molar-refractivity contribution < 1.29 is 28.7 Å². The zero-order valence-electron chi connectivity index (χ0n) is 17.2. The number of hydrogen-bond donors (Lipinski definition) is 0. The van der Waals surface area contributed by atoms with Crippen molar-refractivity contribution in [2.45, 2.75) is 21.0 Å². The molecule has 176 valence electrons. The van der Waals surface area contributed by atoms with Crippen molar-refractivity contribution >= 4 is 68.8 Å². The fraction of sp³-hybridized carbons (Fsp3) is 0.833. The molecule has 0 spiro atoms. The van der Waals surface area contributed by atoms with E-state index in [1.165, 1.54) is 0 Å². The molecule has 0 aromatic carbocycles. The van der Waals surface area contributed by atoms with E-state index in [-0.39, 0.29) is 82.9 Å². The molecule has 0 amide bonds. The quantitative estimate of drug-likeness (QED) is 0.234. The van der Waals surface area contributed by atoms with Crippen molar-refractivity contribution in [3.8, 4) is 0 Å². The molecule has 0 N–H and O–H groups in total. The second-order valence-corrected chi connectivity index (χ2v) is 15.2. The summed E-state index contributed by atoms with van der Waals surface area (Å²) in [6.45, 7) is 0. The monoisotopic (exact) mass is 540 g/mol. The lowest BCUT2D eigenvalue weighted by Gasteiger charge is -2.47. The van der Waals surface area contributed by atoms with Gasteiger partial charge in [-0.1, -0.05) is 0 Å². The van der Waals surface area contributed by atoms with Crippen LogP contribution >= 0.6 is 46.4 Å². The fourth-order valence-corrected chi connectivity index (χ4v) is 17.8. The molecule has 0 bridgehead atoms. The molecule has 6 nitrogen and oxygen atoms in total. The lowest BCUT2D eigenvalue weighted by molar-refractivity contribution is -0.178. The summed E-state index contributed by atoms with van der Waals surface area (Å²) < 4.78 is 12.6. The van der Waals surface area contributed by atoms with Crippen molar-refractivity contribution in [3.63, 3.8) is 0 Å². The van der Waals surface area contributed by atoms with E-state index in [1.54, 1.807) is 0 Å². The van der Waals surface area contributed by atoms with E-state index in [0.29, 0.717) is 11.8 Å². The molecule has 0 aliphatic heterocycles. The van der Waals surface area contributed by atoms with Gasteiger partial charge >= 0.3 is 22.4 Å².